The molecule has 0 unspecified atom stereocenters. The van der Waals surface area contributed by atoms with E-state index in [9.17, 15) is 9.59 Å². The van der Waals surface area contributed by atoms with Crippen LogP contribution in [0, 0.1) is 0 Å². The topological polar surface area (TPSA) is 76.7 Å². The Balaban J connectivity index is 2.17. The Labute approximate surface area is 120 Å². The van der Waals surface area contributed by atoms with Gasteiger partial charge in [0, 0.05) is 6.50 Å². The van der Waals surface area contributed by atoms with Crippen molar-refractivity contribution in [2.45, 2.75) is 32.9 Å². The van der Waals surface area contributed by atoms with Gasteiger partial charge in [-0.25, -0.2) is 4.79 Å². The van der Waals surface area contributed by atoms with E-state index in [-0.39, 0.29) is 18.1 Å². The first kappa shape index (κ1) is 11.6. The average molecular weight is 280 g/mol. The van der Waals surface area contributed by atoms with Crippen molar-refractivity contribution >= 4 is 17.7 Å². The number of benzene rings is 1. The second kappa shape index (κ2) is 5.40. The van der Waals surface area contributed by atoms with Crippen LogP contribution in [0.3, 0.4) is 0 Å². The molecule has 1 aromatic carbocycles. The second-order valence-electron chi connectivity index (χ2n) is 5.30. The molecule has 1 aromatic rings. The first-order valence-corrected chi connectivity index (χ1v) is 6.15. The van der Waals surface area contributed by atoms with E-state index >= 15 is 0 Å². The van der Waals surface area contributed by atoms with Gasteiger partial charge in [0.05, 0.1) is 8.43 Å². The van der Waals surface area contributed by atoms with E-state index < -0.39 is 18.2 Å². The van der Waals surface area contributed by atoms with Crippen molar-refractivity contribution < 1.29 is 21.8 Å². The Kier molecular flexibility index (Phi) is 3.13. The first-order chi connectivity index (χ1) is 10.1. The van der Waals surface area contributed by atoms with Crippen LogP contribution in [0.25, 0.3) is 0 Å². The molecule has 2 N–H and O–H groups in total. The van der Waals surface area contributed by atoms with E-state index in [1.807, 2.05) is 0 Å². The molecule has 0 fully saturated rings. The van der Waals surface area contributed by atoms with Crippen LogP contribution in [-0.4, -0.2) is 24.2 Å². The summed E-state index contributed by atoms with van der Waals surface area (Å²) in [5, 5.41) is 4.76. The Hall–Kier alpha value is -2.24. The van der Waals surface area contributed by atoms with E-state index in [1.165, 1.54) is 12.1 Å². The van der Waals surface area contributed by atoms with Crippen LogP contribution >= 0.6 is 0 Å². The summed E-state index contributed by atoms with van der Waals surface area (Å²) in [7, 11) is 0. The fourth-order valence-electron chi connectivity index (χ4n) is 1.59. The maximum atomic E-state index is 11.7. The van der Waals surface area contributed by atoms with Crippen molar-refractivity contribution in [1.82, 2.24) is 5.32 Å². The van der Waals surface area contributed by atoms with Crippen LogP contribution in [0.1, 0.15) is 29.1 Å². The fraction of sp³-hybridized carbons (Fsp3) is 0.429. The second-order valence-corrected chi connectivity index (χ2v) is 5.30. The van der Waals surface area contributed by atoms with Gasteiger partial charge in [0.15, 0.2) is 6.61 Å². The molecule has 0 bridgehead atoms. The lowest BCUT2D eigenvalue weighted by molar-refractivity contribution is -0.118. The third-order valence-electron chi connectivity index (χ3n) is 2.32. The quantitative estimate of drug-likeness (QED) is 0.869. The van der Waals surface area contributed by atoms with Crippen LogP contribution < -0.4 is 15.4 Å². The summed E-state index contributed by atoms with van der Waals surface area (Å²) in [6, 6.07) is 4.44. The van der Waals surface area contributed by atoms with Crippen molar-refractivity contribution in [3.8, 4) is 5.75 Å². The standard InChI is InChI=1S/C14H18N2O4/c1-14(2,3)20-13(18)15-7-9-4-5-11-10(6-9)16-12(17)8-19-11/h4-6H,7-8H2,1-3H3,(H,15,18)(H,16,17)/i7D2. The molecule has 0 aliphatic carbocycles. The number of hydrogen-bond donors (Lipinski definition) is 2. The summed E-state index contributed by atoms with van der Waals surface area (Å²) >= 11 is 0. The third-order valence-corrected chi connectivity index (χ3v) is 2.32. The van der Waals surface area contributed by atoms with Gasteiger partial charge in [-0.1, -0.05) is 6.07 Å². The van der Waals surface area contributed by atoms with Gasteiger partial charge in [-0.15, -0.1) is 0 Å². The maximum absolute atomic E-state index is 11.7. The van der Waals surface area contributed by atoms with Crippen molar-refractivity contribution in [3.05, 3.63) is 23.8 Å². The van der Waals surface area contributed by atoms with E-state index in [0.717, 1.165) is 0 Å². The Bertz CT molecular complexity index is 611. The summed E-state index contributed by atoms with van der Waals surface area (Å²) in [6.07, 6.45) is -0.865. The molecule has 0 radical (unpaired) electrons. The fourth-order valence-corrected chi connectivity index (χ4v) is 1.59. The van der Waals surface area contributed by atoms with E-state index in [1.54, 1.807) is 26.8 Å². The van der Waals surface area contributed by atoms with E-state index in [0.29, 0.717) is 11.4 Å². The van der Waals surface area contributed by atoms with Crippen LogP contribution in [0.4, 0.5) is 10.5 Å². The Morgan fingerprint density at radius 1 is 1.55 bits per heavy atom. The SMILES string of the molecule is [2H]C([2H])(NC(=O)OC(C)(C)C)c1ccc2c(c1)NC(=O)CO2. The highest BCUT2D eigenvalue weighted by molar-refractivity contribution is 5.95. The van der Waals surface area contributed by atoms with Gasteiger partial charge < -0.3 is 20.1 Å². The molecule has 0 saturated heterocycles. The lowest BCUT2D eigenvalue weighted by atomic mass is 10.1. The number of carbonyl (C=O) groups is 2. The highest BCUT2D eigenvalue weighted by Crippen LogP contribution is 2.28. The minimum absolute atomic E-state index is 0.0740. The molecule has 1 aliphatic rings. The minimum Gasteiger partial charge on any atom is -0.482 e. The molecule has 0 spiro atoms. The van der Waals surface area contributed by atoms with E-state index in [4.69, 9.17) is 12.2 Å². The number of rotatable bonds is 2. The Morgan fingerprint density at radius 3 is 3.00 bits per heavy atom. The number of alkyl carbamates (subject to hydrolysis) is 1. The molecule has 0 aromatic heterocycles. The van der Waals surface area contributed by atoms with Gasteiger partial charge in [-0.05, 0) is 38.5 Å². The molecule has 2 amide bonds. The highest BCUT2D eigenvalue weighted by atomic mass is 16.6. The molecule has 1 aliphatic heterocycles. The van der Waals surface area contributed by atoms with Crippen LogP contribution in [0.15, 0.2) is 18.2 Å². The van der Waals surface area contributed by atoms with Crippen LogP contribution in [-0.2, 0) is 16.0 Å². The summed E-state index contributed by atoms with van der Waals surface area (Å²) in [6.45, 7) is 2.84. The maximum Gasteiger partial charge on any atom is 0.407 e. The summed E-state index contributed by atoms with van der Waals surface area (Å²) in [5.41, 5.74) is -0.191. The Morgan fingerprint density at radius 2 is 2.30 bits per heavy atom. The largest absolute Gasteiger partial charge is 0.482 e. The van der Waals surface area contributed by atoms with Gasteiger partial charge >= 0.3 is 6.09 Å². The number of fused-ring (bicyclic) bond motifs is 1. The lowest BCUT2D eigenvalue weighted by Crippen LogP contribution is -2.32. The smallest absolute Gasteiger partial charge is 0.407 e. The van der Waals surface area contributed by atoms with Crippen LogP contribution in [0.5, 0.6) is 5.75 Å². The lowest BCUT2D eigenvalue weighted by Gasteiger charge is -2.20. The molecule has 0 saturated carbocycles. The van der Waals surface area contributed by atoms with Gasteiger partial charge in [0.1, 0.15) is 11.4 Å². The van der Waals surface area contributed by atoms with Crippen molar-refractivity contribution in [1.29, 1.82) is 0 Å². The first-order valence-electron chi connectivity index (χ1n) is 7.15. The molecule has 0 atom stereocenters. The van der Waals surface area contributed by atoms with Crippen molar-refractivity contribution in [2.75, 3.05) is 11.9 Å². The number of anilines is 1. The zero-order valence-corrected chi connectivity index (χ0v) is 11.6. The van der Waals surface area contributed by atoms with Crippen molar-refractivity contribution in [3.63, 3.8) is 0 Å². The normalized spacial score (nSPS) is 16.1. The van der Waals surface area contributed by atoms with Crippen LogP contribution in [0.2, 0.25) is 0 Å². The van der Waals surface area contributed by atoms with Gasteiger partial charge in [-0.3, -0.25) is 4.79 Å². The van der Waals surface area contributed by atoms with Gasteiger partial charge in [0.2, 0.25) is 0 Å². The predicted octanol–water partition coefficient (Wildman–Crippen LogP) is 2.04. The number of hydrogen-bond acceptors (Lipinski definition) is 4. The molecule has 2 rings (SSSR count). The zero-order chi connectivity index (χ0) is 16.5. The zero-order valence-electron chi connectivity index (χ0n) is 13.6. The molecular formula is C14H18N2O4. The van der Waals surface area contributed by atoms with Gasteiger partial charge in [-0.2, -0.15) is 0 Å². The highest BCUT2D eigenvalue weighted by Gasteiger charge is 2.17. The molecular weight excluding hydrogens is 260 g/mol. The van der Waals surface area contributed by atoms with Crippen molar-refractivity contribution in [2.24, 2.45) is 0 Å². The minimum atomic E-state index is -2.15. The molecule has 6 heteroatoms. The summed E-state index contributed by atoms with van der Waals surface area (Å²) in [4.78, 5) is 23.0. The number of nitrogens with one attached hydrogen (secondary N) is 2. The number of carbonyl (C=O) groups excluding carboxylic acids is 2. The predicted molar refractivity (Wildman–Crippen MR) is 73.6 cm³/mol. The summed E-state index contributed by atoms with van der Waals surface area (Å²) < 4.78 is 26.2. The molecule has 108 valence electrons. The third kappa shape index (κ3) is 3.88. The molecule has 6 nitrogen and oxygen atoms in total. The summed E-state index contributed by atoms with van der Waals surface area (Å²) in [5.74, 6) is 0.140. The number of ether oxygens (including phenoxy) is 2. The molecule has 1 heterocycles. The van der Waals surface area contributed by atoms with E-state index in [2.05, 4.69) is 10.6 Å². The molecule has 20 heavy (non-hydrogen) atoms. The average Bonchev–Trinajstić information content (AvgIpc) is 2.34. The number of amides is 2. The van der Waals surface area contributed by atoms with Gasteiger partial charge in [0.25, 0.3) is 5.91 Å². The monoisotopic (exact) mass is 280 g/mol.